The van der Waals surface area contributed by atoms with Crippen LogP contribution >= 0.6 is 39.9 Å². The SMILES string of the molecule is O=C(O)CCNC(=O)CCCCCN1C(=O)/C(=C/c2cc(Br)ccc2O)SC1=S. The summed E-state index contributed by atoms with van der Waals surface area (Å²) in [5.41, 5.74) is 0.536. The maximum absolute atomic E-state index is 12.6. The second kappa shape index (κ2) is 11.3. The zero-order chi connectivity index (χ0) is 21.4. The Bertz CT molecular complexity index is 844. The minimum atomic E-state index is -0.946. The molecular weight excluding hydrogens is 480 g/mol. The van der Waals surface area contributed by atoms with Crippen LogP contribution in [0.2, 0.25) is 0 Å². The number of rotatable bonds is 10. The van der Waals surface area contributed by atoms with Gasteiger partial charge in [-0.2, -0.15) is 0 Å². The van der Waals surface area contributed by atoms with Gasteiger partial charge in [0.05, 0.1) is 11.3 Å². The predicted octanol–water partition coefficient (Wildman–Crippen LogP) is 3.51. The van der Waals surface area contributed by atoms with Crippen LogP contribution in [-0.2, 0) is 14.4 Å². The first-order chi connectivity index (χ1) is 13.8. The molecule has 0 radical (unpaired) electrons. The highest BCUT2D eigenvalue weighted by molar-refractivity contribution is 9.10. The number of carboxylic acid groups (broad SMARTS) is 1. The van der Waals surface area contributed by atoms with E-state index in [1.807, 2.05) is 0 Å². The third kappa shape index (κ3) is 7.45. The van der Waals surface area contributed by atoms with Crippen LogP contribution < -0.4 is 5.32 Å². The molecule has 2 rings (SSSR count). The Morgan fingerprint density at radius 1 is 1.24 bits per heavy atom. The zero-order valence-corrected chi connectivity index (χ0v) is 18.7. The molecule has 0 unspecified atom stereocenters. The van der Waals surface area contributed by atoms with Gasteiger partial charge >= 0.3 is 5.97 Å². The van der Waals surface area contributed by atoms with E-state index < -0.39 is 5.97 Å². The van der Waals surface area contributed by atoms with E-state index in [4.69, 9.17) is 17.3 Å². The fourth-order valence-corrected chi connectivity index (χ4v) is 4.28. The number of carboxylic acids is 1. The maximum Gasteiger partial charge on any atom is 0.305 e. The highest BCUT2D eigenvalue weighted by Gasteiger charge is 2.31. The van der Waals surface area contributed by atoms with Crippen molar-refractivity contribution in [2.75, 3.05) is 13.1 Å². The normalized spacial score (nSPS) is 15.2. The summed E-state index contributed by atoms with van der Waals surface area (Å²) in [6, 6.07) is 4.99. The molecule has 1 aromatic rings. The van der Waals surface area contributed by atoms with Crippen LogP contribution in [0.1, 0.15) is 37.7 Å². The van der Waals surface area contributed by atoms with Crippen LogP contribution in [0.3, 0.4) is 0 Å². The van der Waals surface area contributed by atoms with Gasteiger partial charge in [0.1, 0.15) is 10.1 Å². The quantitative estimate of drug-likeness (QED) is 0.256. The van der Waals surface area contributed by atoms with Crippen LogP contribution in [0.4, 0.5) is 0 Å². The van der Waals surface area contributed by atoms with Crippen molar-refractivity contribution in [1.82, 2.24) is 10.2 Å². The molecule has 1 aromatic carbocycles. The number of aliphatic carboxylic acids is 1. The van der Waals surface area contributed by atoms with Gasteiger partial charge in [-0.25, -0.2) is 0 Å². The van der Waals surface area contributed by atoms with Crippen LogP contribution in [-0.4, -0.2) is 50.3 Å². The van der Waals surface area contributed by atoms with Gasteiger partial charge in [0.2, 0.25) is 5.91 Å². The lowest BCUT2D eigenvalue weighted by molar-refractivity contribution is -0.137. The number of halogens is 1. The van der Waals surface area contributed by atoms with E-state index in [0.717, 1.165) is 10.9 Å². The number of thiocarbonyl (C=S) groups is 1. The number of thioether (sulfide) groups is 1. The molecule has 1 saturated heterocycles. The van der Waals surface area contributed by atoms with Gasteiger partial charge in [-0.1, -0.05) is 46.3 Å². The molecule has 7 nitrogen and oxygen atoms in total. The Morgan fingerprint density at radius 3 is 2.72 bits per heavy atom. The Balaban J connectivity index is 1.78. The average molecular weight is 501 g/mol. The van der Waals surface area contributed by atoms with Crippen molar-refractivity contribution >= 4 is 68.1 Å². The molecule has 10 heteroatoms. The van der Waals surface area contributed by atoms with Gasteiger partial charge in [-0.15, -0.1) is 0 Å². The first kappa shape index (κ1) is 23.4. The first-order valence-corrected chi connectivity index (χ1v) is 11.0. The standard InChI is InChI=1S/C19H21BrN2O5S2/c20-13-5-6-14(23)12(10-13)11-15-18(27)22(19(28)29-15)9-3-1-2-4-16(24)21-8-7-17(25)26/h5-6,10-11,23H,1-4,7-9H2,(H,21,24)(H,25,26)/b15-11-. The lowest BCUT2D eigenvalue weighted by Crippen LogP contribution is -2.29. The molecule has 2 amide bonds. The van der Waals surface area contributed by atoms with E-state index in [1.54, 1.807) is 24.3 Å². The lowest BCUT2D eigenvalue weighted by atomic mass is 10.1. The Kier molecular flexibility index (Phi) is 9.12. The molecule has 0 bridgehead atoms. The van der Waals surface area contributed by atoms with Crippen molar-refractivity contribution in [3.05, 3.63) is 33.1 Å². The third-order valence-electron chi connectivity index (χ3n) is 4.10. The summed E-state index contributed by atoms with van der Waals surface area (Å²) in [4.78, 5) is 36.6. The second-order valence-electron chi connectivity index (χ2n) is 6.34. The summed E-state index contributed by atoms with van der Waals surface area (Å²) in [6.07, 6.45) is 3.95. The molecule has 0 spiro atoms. The largest absolute Gasteiger partial charge is 0.507 e. The van der Waals surface area contributed by atoms with Crippen molar-refractivity contribution in [3.8, 4) is 5.75 Å². The first-order valence-electron chi connectivity index (χ1n) is 9.00. The van der Waals surface area contributed by atoms with Crippen LogP contribution in [0.15, 0.2) is 27.6 Å². The Hall–Kier alpha value is -1.91. The maximum atomic E-state index is 12.6. The molecule has 0 saturated carbocycles. The lowest BCUT2D eigenvalue weighted by Gasteiger charge is -2.14. The molecule has 1 fully saturated rings. The van der Waals surface area contributed by atoms with Crippen LogP contribution in [0, 0.1) is 0 Å². The number of nitrogens with zero attached hydrogens (tertiary/aromatic N) is 1. The zero-order valence-electron chi connectivity index (χ0n) is 15.5. The Morgan fingerprint density at radius 2 is 2.00 bits per heavy atom. The van der Waals surface area contributed by atoms with Crippen molar-refractivity contribution in [1.29, 1.82) is 0 Å². The highest BCUT2D eigenvalue weighted by Crippen LogP contribution is 2.34. The minimum Gasteiger partial charge on any atom is -0.507 e. The topological polar surface area (TPSA) is 107 Å². The number of phenols is 1. The number of hydrogen-bond acceptors (Lipinski definition) is 6. The summed E-state index contributed by atoms with van der Waals surface area (Å²) in [5.74, 6) is -1.22. The summed E-state index contributed by atoms with van der Waals surface area (Å²) in [5, 5.41) is 21.0. The van der Waals surface area contributed by atoms with Gasteiger partial charge in [0.15, 0.2) is 0 Å². The van der Waals surface area contributed by atoms with Gasteiger partial charge in [-0.05, 0) is 37.1 Å². The number of unbranched alkanes of at least 4 members (excludes halogenated alkanes) is 2. The smallest absolute Gasteiger partial charge is 0.305 e. The number of carbonyl (C=O) groups is 3. The van der Waals surface area contributed by atoms with E-state index in [-0.39, 0.29) is 30.5 Å². The van der Waals surface area contributed by atoms with E-state index in [0.29, 0.717) is 40.6 Å². The highest BCUT2D eigenvalue weighted by atomic mass is 79.9. The average Bonchev–Trinajstić information content (AvgIpc) is 2.91. The van der Waals surface area contributed by atoms with Gasteiger partial charge < -0.3 is 15.5 Å². The number of amides is 2. The van der Waals surface area contributed by atoms with E-state index >= 15 is 0 Å². The van der Waals surface area contributed by atoms with E-state index in [1.165, 1.54) is 16.7 Å². The fourth-order valence-electron chi connectivity index (χ4n) is 2.60. The monoisotopic (exact) mass is 500 g/mol. The number of carbonyl (C=O) groups excluding carboxylic acids is 2. The minimum absolute atomic E-state index is 0.0834. The Labute approximate surface area is 186 Å². The number of aromatic hydroxyl groups is 1. The molecule has 0 aromatic heterocycles. The molecular formula is C19H21BrN2O5S2. The van der Waals surface area contributed by atoms with Crippen molar-refractivity contribution < 1.29 is 24.6 Å². The molecule has 0 aliphatic carbocycles. The summed E-state index contributed by atoms with van der Waals surface area (Å²) in [7, 11) is 0. The van der Waals surface area contributed by atoms with Crippen molar-refractivity contribution in [3.63, 3.8) is 0 Å². The number of nitrogens with one attached hydrogen (secondary N) is 1. The summed E-state index contributed by atoms with van der Waals surface area (Å²) < 4.78 is 1.27. The molecule has 29 heavy (non-hydrogen) atoms. The second-order valence-corrected chi connectivity index (χ2v) is 8.93. The summed E-state index contributed by atoms with van der Waals surface area (Å²) in [6.45, 7) is 0.595. The molecule has 1 aliphatic heterocycles. The van der Waals surface area contributed by atoms with Crippen molar-refractivity contribution in [2.45, 2.75) is 32.1 Å². The molecule has 156 valence electrons. The number of hydrogen-bond donors (Lipinski definition) is 3. The van der Waals surface area contributed by atoms with Gasteiger partial charge in [-0.3, -0.25) is 19.3 Å². The molecule has 3 N–H and O–H groups in total. The predicted molar refractivity (Wildman–Crippen MR) is 119 cm³/mol. The number of benzene rings is 1. The number of phenolic OH excluding ortho intramolecular Hbond substituents is 1. The van der Waals surface area contributed by atoms with E-state index in [9.17, 15) is 19.5 Å². The molecule has 1 aliphatic rings. The van der Waals surface area contributed by atoms with Crippen molar-refractivity contribution in [2.24, 2.45) is 0 Å². The van der Waals surface area contributed by atoms with Gasteiger partial charge in [0.25, 0.3) is 5.91 Å². The molecule has 0 atom stereocenters. The third-order valence-corrected chi connectivity index (χ3v) is 5.97. The van der Waals surface area contributed by atoms with Crippen LogP contribution in [0.25, 0.3) is 6.08 Å². The van der Waals surface area contributed by atoms with Gasteiger partial charge in [0, 0.05) is 29.5 Å². The molecule has 1 heterocycles. The van der Waals surface area contributed by atoms with Crippen LogP contribution in [0.5, 0.6) is 5.75 Å². The fraction of sp³-hybridized carbons (Fsp3) is 0.368. The van der Waals surface area contributed by atoms with E-state index in [2.05, 4.69) is 21.2 Å². The summed E-state index contributed by atoms with van der Waals surface area (Å²) >= 11 is 9.84.